The minimum Gasteiger partial charge on any atom is -0.482 e. The molecule has 0 unspecified atom stereocenters. The second kappa shape index (κ2) is 5.07. The van der Waals surface area contributed by atoms with Crippen LogP contribution in [0.15, 0.2) is 36.9 Å². The number of ether oxygens (including phenoxy) is 1. The fraction of sp³-hybridized carbons (Fsp3) is 0.182. The van der Waals surface area contributed by atoms with E-state index in [1.807, 2.05) is 18.2 Å². The first-order valence-corrected chi connectivity index (χ1v) is 4.27. The molecule has 0 aliphatic rings. The van der Waals surface area contributed by atoms with Crippen LogP contribution in [0, 0.1) is 0 Å². The van der Waals surface area contributed by atoms with E-state index < -0.39 is 5.97 Å². The van der Waals surface area contributed by atoms with Crippen LogP contribution in [0.3, 0.4) is 0 Å². The summed E-state index contributed by atoms with van der Waals surface area (Å²) in [6.45, 7) is 3.32. The number of benzene rings is 1. The highest BCUT2D eigenvalue weighted by Gasteiger charge is 1.98. The molecule has 0 heterocycles. The van der Waals surface area contributed by atoms with Crippen molar-refractivity contribution >= 4 is 5.97 Å². The Bertz CT molecular complexity index is 314. The molecule has 0 aliphatic carbocycles. The van der Waals surface area contributed by atoms with Crippen molar-refractivity contribution in [2.45, 2.75) is 6.42 Å². The highest BCUT2D eigenvalue weighted by molar-refractivity contribution is 5.68. The lowest BCUT2D eigenvalue weighted by atomic mass is 10.1. The molecule has 0 bridgehead atoms. The van der Waals surface area contributed by atoms with Crippen molar-refractivity contribution in [3.8, 4) is 5.75 Å². The van der Waals surface area contributed by atoms with Gasteiger partial charge in [-0.05, 0) is 24.1 Å². The monoisotopic (exact) mass is 192 g/mol. The minimum atomic E-state index is -0.972. The smallest absolute Gasteiger partial charge is 0.341 e. The third kappa shape index (κ3) is 3.31. The van der Waals surface area contributed by atoms with E-state index in [2.05, 4.69) is 6.58 Å². The van der Waals surface area contributed by atoms with Crippen LogP contribution in [-0.2, 0) is 11.2 Å². The lowest BCUT2D eigenvalue weighted by Crippen LogP contribution is -2.09. The molecule has 0 atom stereocenters. The lowest BCUT2D eigenvalue weighted by molar-refractivity contribution is -0.139. The van der Waals surface area contributed by atoms with E-state index in [1.165, 1.54) is 0 Å². The predicted octanol–water partition coefficient (Wildman–Crippen LogP) is 1.88. The van der Waals surface area contributed by atoms with E-state index in [1.54, 1.807) is 12.1 Å². The van der Waals surface area contributed by atoms with Crippen LogP contribution < -0.4 is 4.74 Å². The highest BCUT2D eigenvalue weighted by Crippen LogP contribution is 2.12. The van der Waals surface area contributed by atoms with Gasteiger partial charge in [-0.3, -0.25) is 0 Å². The molecule has 14 heavy (non-hydrogen) atoms. The zero-order valence-electron chi connectivity index (χ0n) is 7.77. The van der Waals surface area contributed by atoms with Gasteiger partial charge in [0.05, 0.1) is 0 Å². The molecule has 74 valence electrons. The molecule has 0 aliphatic heterocycles. The molecule has 0 amide bonds. The summed E-state index contributed by atoms with van der Waals surface area (Å²) in [5.41, 5.74) is 1.13. The molecular formula is C11H12O3. The van der Waals surface area contributed by atoms with Gasteiger partial charge < -0.3 is 9.84 Å². The van der Waals surface area contributed by atoms with E-state index >= 15 is 0 Å². The molecule has 3 heteroatoms. The Morgan fingerprint density at radius 2 is 2.07 bits per heavy atom. The van der Waals surface area contributed by atoms with Crippen LogP contribution >= 0.6 is 0 Å². The fourth-order valence-electron chi connectivity index (χ4n) is 1.03. The van der Waals surface area contributed by atoms with Crippen molar-refractivity contribution in [3.63, 3.8) is 0 Å². The number of hydrogen-bond acceptors (Lipinski definition) is 2. The SMILES string of the molecule is C=CCc1ccc(OCC(=O)O)cc1. The number of rotatable bonds is 5. The molecule has 1 aromatic carbocycles. The van der Waals surface area contributed by atoms with Crippen molar-refractivity contribution in [2.75, 3.05) is 6.61 Å². The van der Waals surface area contributed by atoms with E-state index in [0.29, 0.717) is 5.75 Å². The molecule has 0 saturated heterocycles. The molecule has 0 radical (unpaired) electrons. The van der Waals surface area contributed by atoms with Gasteiger partial charge in [0.1, 0.15) is 5.75 Å². The third-order valence-corrected chi connectivity index (χ3v) is 1.67. The maximum absolute atomic E-state index is 10.2. The van der Waals surface area contributed by atoms with Gasteiger partial charge in [0.25, 0.3) is 0 Å². The van der Waals surface area contributed by atoms with Gasteiger partial charge in [-0.15, -0.1) is 6.58 Å². The van der Waals surface area contributed by atoms with Gasteiger partial charge in [-0.2, -0.15) is 0 Å². The maximum Gasteiger partial charge on any atom is 0.341 e. The molecular weight excluding hydrogens is 180 g/mol. The van der Waals surface area contributed by atoms with Crippen molar-refractivity contribution < 1.29 is 14.6 Å². The molecule has 0 saturated carbocycles. The first-order valence-electron chi connectivity index (χ1n) is 4.27. The highest BCUT2D eigenvalue weighted by atomic mass is 16.5. The molecule has 1 aromatic rings. The Morgan fingerprint density at radius 3 is 2.57 bits per heavy atom. The number of hydrogen-bond donors (Lipinski definition) is 1. The third-order valence-electron chi connectivity index (χ3n) is 1.67. The number of carbonyl (C=O) groups is 1. The van der Waals surface area contributed by atoms with Gasteiger partial charge in [0.2, 0.25) is 0 Å². The predicted molar refractivity (Wildman–Crippen MR) is 53.5 cm³/mol. The van der Waals surface area contributed by atoms with E-state index in [0.717, 1.165) is 12.0 Å². The van der Waals surface area contributed by atoms with Crippen molar-refractivity contribution in [1.29, 1.82) is 0 Å². The summed E-state index contributed by atoms with van der Waals surface area (Å²) in [5, 5.41) is 8.38. The number of allylic oxidation sites excluding steroid dienone is 1. The maximum atomic E-state index is 10.2. The van der Waals surface area contributed by atoms with Crippen LogP contribution in [0.5, 0.6) is 5.75 Å². The summed E-state index contributed by atoms with van der Waals surface area (Å²) in [7, 11) is 0. The molecule has 1 rings (SSSR count). The number of carboxylic acids is 1. The quantitative estimate of drug-likeness (QED) is 0.724. The topological polar surface area (TPSA) is 46.5 Å². The van der Waals surface area contributed by atoms with Gasteiger partial charge >= 0.3 is 5.97 Å². The normalized spacial score (nSPS) is 9.43. The van der Waals surface area contributed by atoms with E-state index in [9.17, 15) is 4.79 Å². The van der Waals surface area contributed by atoms with Gasteiger partial charge in [-0.25, -0.2) is 4.79 Å². The lowest BCUT2D eigenvalue weighted by Gasteiger charge is -2.03. The number of aliphatic carboxylic acids is 1. The molecule has 3 nitrogen and oxygen atoms in total. The Kier molecular flexibility index (Phi) is 3.73. The second-order valence-electron chi connectivity index (χ2n) is 2.82. The first kappa shape index (κ1) is 10.3. The molecule has 0 spiro atoms. The standard InChI is InChI=1S/C11H12O3/c1-2-3-9-4-6-10(7-5-9)14-8-11(12)13/h2,4-7H,1,3,8H2,(H,12,13). The largest absolute Gasteiger partial charge is 0.482 e. The van der Waals surface area contributed by atoms with Gasteiger partial charge in [0.15, 0.2) is 6.61 Å². The minimum absolute atomic E-state index is 0.305. The van der Waals surface area contributed by atoms with Crippen LogP contribution in [0.25, 0.3) is 0 Å². The first-order chi connectivity index (χ1) is 6.72. The Morgan fingerprint density at radius 1 is 1.43 bits per heavy atom. The molecule has 0 aromatic heterocycles. The Hall–Kier alpha value is -1.77. The Labute approximate surface area is 82.6 Å². The summed E-state index contributed by atoms with van der Waals surface area (Å²) in [6, 6.07) is 7.28. The van der Waals surface area contributed by atoms with Crippen molar-refractivity contribution in [1.82, 2.24) is 0 Å². The van der Waals surface area contributed by atoms with E-state index in [4.69, 9.17) is 9.84 Å². The summed E-state index contributed by atoms with van der Waals surface area (Å²) in [4.78, 5) is 10.2. The summed E-state index contributed by atoms with van der Waals surface area (Å²) in [6.07, 6.45) is 2.62. The summed E-state index contributed by atoms with van der Waals surface area (Å²) < 4.78 is 4.98. The van der Waals surface area contributed by atoms with Crippen LogP contribution in [0.1, 0.15) is 5.56 Å². The zero-order valence-corrected chi connectivity index (χ0v) is 7.77. The summed E-state index contributed by atoms with van der Waals surface area (Å²) in [5.74, 6) is -0.402. The van der Waals surface area contributed by atoms with Crippen LogP contribution in [0.4, 0.5) is 0 Å². The van der Waals surface area contributed by atoms with Crippen molar-refractivity contribution in [3.05, 3.63) is 42.5 Å². The zero-order chi connectivity index (χ0) is 10.4. The van der Waals surface area contributed by atoms with Crippen molar-refractivity contribution in [2.24, 2.45) is 0 Å². The average Bonchev–Trinajstić information content (AvgIpc) is 2.17. The second-order valence-corrected chi connectivity index (χ2v) is 2.82. The van der Waals surface area contributed by atoms with Crippen LogP contribution in [-0.4, -0.2) is 17.7 Å². The van der Waals surface area contributed by atoms with Crippen LogP contribution in [0.2, 0.25) is 0 Å². The fourth-order valence-corrected chi connectivity index (χ4v) is 1.03. The van der Waals surface area contributed by atoms with E-state index in [-0.39, 0.29) is 6.61 Å². The Balaban J connectivity index is 2.54. The molecule has 0 fully saturated rings. The van der Waals surface area contributed by atoms with Gasteiger partial charge in [0, 0.05) is 0 Å². The number of carboxylic acid groups (broad SMARTS) is 1. The van der Waals surface area contributed by atoms with Gasteiger partial charge in [-0.1, -0.05) is 18.2 Å². The summed E-state index contributed by atoms with van der Waals surface area (Å²) >= 11 is 0. The average molecular weight is 192 g/mol. The molecule has 1 N–H and O–H groups in total.